The minimum absolute atomic E-state index is 0.0337. The van der Waals surface area contributed by atoms with Crippen LogP contribution in [0.2, 0.25) is 0 Å². The summed E-state index contributed by atoms with van der Waals surface area (Å²) in [6, 6.07) is 5.28. The van der Waals surface area contributed by atoms with E-state index in [9.17, 15) is 10.1 Å². The van der Waals surface area contributed by atoms with E-state index >= 15 is 0 Å². The van der Waals surface area contributed by atoms with Crippen LogP contribution in [0.3, 0.4) is 0 Å². The highest BCUT2D eigenvalue weighted by molar-refractivity contribution is 5.62. The van der Waals surface area contributed by atoms with Gasteiger partial charge in [-0.1, -0.05) is 6.07 Å². The molecular formula is C12H14N4O3. The van der Waals surface area contributed by atoms with Crippen molar-refractivity contribution in [3.8, 4) is 0 Å². The average Bonchev–Trinajstić information content (AvgIpc) is 3.03. The molecule has 0 bridgehead atoms. The van der Waals surface area contributed by atoms with Crippen LogP contribution < -0.4 is 5.32 Å². The number of imidazole rings is 1. The zero-order valence-corrected chi connectivity index (χ0v) is 10.3. The lowest BCUT2D eigenvalue weighted by molar-refractivity contribution is -0.389. The standard InChI is InChI=1S/C12H14N4O3/c17-16(18)12-11(13-8-9-4-3-7-19-9)14-10-5-1-2-6-15(10)12/h1-2,5-6,9,13H,3-4,7-8H2. The summed E-state index contributed by atoms with van der Waals surface area (Å²) in [4.78, 5) is 15.0. The van der Waals surface area contributed by atoms with Gasteiger partial charge in [0.05, 0.1) is 12.3 Å². The van der Waals surface area contributed by atoms with E-state index in [1.54, 1.807) is 24.4 Å². The molecule has 0 aromatic carbocycles. The molecule has 1 aliphatic heterocycles. The number of pyridine rings is 1. The molecule has 100 valence electrons. The van der Waals surface area contributed by atoms with Crippen molar-refractivity contribution in [2.45, 2.75) is 18.9 Å². The highest BCUT2D eigenvalue weighted by atomic mass is 16.6. The molecular weight excluding hydrogens is 248 g/mol. The molecule has 1 fully saturated rings. The Kier molecular flexibility index (Phi) is 3.04. The monoisotopic (exact) mass is 262 g/mol. The third kappa shape index (κ3) is 2.24. The molecule has 2 aromatic heterocycles. The lowest BCUT2D eigenvalue weighted by Gasteiger charge is -2.09. The van der Waals surface area contributed by atoms with Crippen molar-refractivity contribution in [3.63, 3.8) is 0 Å². The van der Waals surface area contributed by atoms with Crippen LogP contribution in [0.15, 0.2) is 24.4 Å². The summed E-state index contributed by atoms with van der Waals surface area (Å²) in [5.41, 5.74) is 0.559. The molecule has 1 unspecified atom stereocenters. The Morgan fingerprint density at radius 3 is 3.21 bits per heavy atom. The maximum absolute atomic E-state index is 11.2. The van der Waals surface area contributed by atoms with Gasteiger partial charge in [0.25, 0.3) is 0 Å². The van der Waals surface area contributed by atoms with Crippen molar-refractivity contribution >= 4 is 17.3 Å². The SMILES string of the molecule is O=[N+]([O-])c1c(NCC2CCCO2)nc2ccccn12. The van der Waals surface area contributed by atoms with E-state index in [1.165, 1.54) is 4.40 Å². The highest BCUT2D eigenvalue weighted by Gasteiger charge is 2.23. The zero-order valence-electron chi connectivity index (χ0n) is 10.3. The van der Waals surface area contributed by atoms with Crippen LogP contribution in [-0.4, -0.2) is 33.6 Å². The van der Waals surface area contributed by atoms with Crippen molar-refractivity contribution in [1.29, 1.82) is 0 Å². The van der Waals surface area contributed by atoms with E-state index in [1.807, 2.05) is 0 Å². The van der Waals surface area contributed by atoms with Gasteiger partial charge in [-0.25, -0.2) is 0 Å². The van der Waals surface area contributed by atoms with Gasteiger partial charge in [-0.05, 0) is 23.8 Å². The predicted molar refractivity (Wildman–Crippen MR) is 69.3 cm³/mol. The van der Waals surface area contributed by atoms with Gasteiger partial charge in [0.15, 0.2) is 0 Å². The first-order valence-electron chi connectivity index (χ1n) is 6.22. The van der Waals surface area contributed by atoms with Crippen LogP contribution in [0.25, 0.3) is 5.65 Å². The summed E-state index contributed by atoms with van der Waals surface area (Å²) in [6.07, 6.45) is 3.77. The summed E-state index contributed by atoms with van der Waals surface area (Å²) in [5, 5.41) is 14.2. The van der Waals surface area contributed by atoms with Gasteiger partial charge in [0, 0.05) is 19.2 Å². The van der Waals surface area contributed by atoms with Crippen molar-refractivity contribution in [1.82, 2.24) is 9.38 Å². The Morgan fingerprint density at radius 1 is 1.58 bits per heavy atom. The molecule has 7 heteroatoms. The minimum Gasteiger partial charge on any atom is -0.376 e. The van der Waals surface area contributed by atoms with Crippen LogP contribution in [0.1, 0.15) is 12.8 Å². The smallest absolute Gasteiger partial charge is 0.372 e. The first-order chi connectivity index (χ1) is 9.25. The van der Waals surface area contributed by atoms with Gasteiger partial charge in [-0.3, -0.25) is 0 Å². The van der Waals surface area contributed by atoms with E-state index in [4.69, 9.17) is 4.74 Å². The number of rotatable bonds is 4. The van der Waals surface area contributed by atoms with E-state index < -0.39 is 4.92 Å². The highest BCUT2D eigenvalue weighted by Crippen LogP contribution is 2.25. The Balaban J connectivity index is 1.88. The maximum Gasteiger partial charge on any atom is 0.372 e. The van der Waals surface area contributed by atoms with Gasteiger partial charge in [-0.2, -0.15) is 9.38 Å². The van der Waals surface area contributed by atoms with Gasteiger partial charge in [-0.15, -0.1) is 0 Å². The van der Waals surface area contributed by atoms with Crippen LogP contribution >= 0.6 is 0 Å². The quantitative estimate of drug-likeness (QED) is 0.671. The molecule has 1 atom stereocenters. The molecule has 7 nitrogen and oxygen atoms in total. The van der Waals surface area contributed by atoms with Gasteiger partial charge >= 0.3 is 5.82 Å². The van der Waals surface area contributed by atoms with E-state index in [-0.39, 0.29) is 11.9 Å². The lowest BCUT2D eigenvalue weighted by atomic mass is 10.2. The van der Waals surface area contributed by atoms with Gasteiger partial charge in [0.2, 0.25) is 11.5 Å². The molecule has 0 aliphatic carbocycles. The molecule has 3 rings (SSSR count). The first-order valence-corrected chi connectivity index (χ1v) is 6.22. The number of fused-ring (bicyclic) bond motifs is 1. The third-order valence-electron chi connectivity index (χ3n) is 3.20. The second-order valence-electron chi connectivity index (χ2n) is 4.49. The number of hydrogen-bond acceptors (Lipinski definition) is 5. The summed E-state index contributed by atoms with van der Waals surface area (Å²) >= 11 is 0. The summed E-state index contributed by atoms with van der Waals surface area (Å²) in [5.74, 6) is 0.264. The molecule has 0 amide bonds. The number of aromatic nitrogens is 2. The largest absolute Gasteiger partial charge is 0.376 e. The molecule has 3 heterocycles. The fourth-order valence-electron chi connectivity index (χ4n) is 2.29. The number of nitro groups is 1. The number of hydrogen-bond donors (Lipinski definition) is 1. The van der Waals surface area contributed by atoms with Gasteiger partial charge < -0.3 is 20.2 Å². The van der Waals surface area contributed by atoms with Crippen LogP contribution in [-0.2, 0) is 4.74 Å². The Bertz CT molecular complexity index is 604. The van der Waals surface area contributed by atoms with Crippen molar-refractivity contribution in [2.75, 3.05) is 18.5 Å². The van der Waals surface area contributed by atoms with Crippen molar-refractivity contribution < 1.29 is 9.66 Å². The fourth-order valence-corrected chi connectivity index (χ4v) is 2.29. The summed E-state index contributed by atoms with van der Waals surface area (Å²) < 4.78 is 6.95. The van der Waals surface area contributed by atoms with E-state index in [0.717, 1.165) is 19.4 Å². The number of nitrogens with one attached hydrogen (secondary N) is 1. The lowest BCUT2D eigenvalue weighted by Crippen LogP contribution is -2.19. The second kappa shape index (κ2) is 4.85. The first kappa shape index (κ1) is 11.9. The third-order valence-corrected chi connectivity index (χ3v) is 3.20. The van der Waals surface area contributed by atoms with Crippen LogP contribution in [0, 0.1) is 10.1 Å². The molecule has 2 aromatic rings. The van der Waals surface area contributed by atoms with Crippen LogP contribution in [0.4, 0.5) is 11.6 Å². The number of nitrogens with zero attached hydrogens (tertiary/aromatic N) is 3. The fraction of sp³-hybridized carbons (Fsp3) is 0.417. The van der Waals surface area contributed by atoms with Crippen molar-refractivity contribution in [2.24, 2.45) is 0 Å². The Hall–Kier alpha value is -2.15. The average molecular weight is 262 g/mol. The number of ether oxygens (including phenoxy) is 1. The molecule has 0 radical (unpaired) electrons. The molecule has 19 heavy (non-hydrogen) atoms. The number of anilines is 1. The molecule has 0 spiro atoms. The van der Waals surface area contributed by atoms with Crippen LogP contribution in [0.5, 0.6) is 0 Å². The summed E-state index contributed by atoms with van der Waals surface area (Å²) in [6.45, 7) is 1.31. The van der Waals surface area contributed by atoms with Gasteiger partial charge in [0.1, 0.15) is 0 Å². The minimum atomic E-state index is -0.419. The predicted octanol–water partition coefficient (Wildman–Crippen LogP) is 1.83. The normalized spacial score (nSPS) is 18.8. The second-order valence-corrected chi connectivity index (χ2v) is 4.49. The summed E-state index contributed by atoms with van der Waals surface area (Å²) in [7, 11) is 0. The zero-order chi connectivity index (χ0) is 13.2. The van der Waals surface area contributed by atoms with Crippen molar-refractivity contribution in [3.05, 3.63) is 34.5 Å². The molecule has 1 aliphatic rings. The van der Waals surface area contributed by atoms with E-state index in [2.05, 4.69) is 10.3 Å². The Labute approximate surface area is 109 Å². The Morgan fingerprint density at radius 2 is 2.47 bits per heavy atom. The molecule has 1 N–H and O–H groups in total. The molecule has 0 saturated carbocycles. The topological polar surface area (TPSA) is 81.7 Å². The maximum atomic E-state index is 11.2. The molecule has 1 saturated heterocycles. The van der Waals surface area contributed by atoms with E-state index in [0.29, 0.717) is 18.0 Å².